The summed E-state index contributed by atoms with van der Waals surface area (Å²) in [5, 5.41) is 0. The van der Waals surface area contributed by atoms with Gasteiger partial charge in [0.2, 0.25) is 0 Å². The number of hydrogen-bond donors (Lipinski definition) is 0. The van der Waals surface area contributed by atoms with E-state index in [1.165, 1.54) is 5.56 Å². The molecular formula is C13H18ClN. The zero-order valence-electron chi connectivity index (χ0n) is 9.31. The van der Waals surface area contributed by atoms with Crippen molar-refractivity contribution in [3.63, 3.8) is 0 Å². The van der Waals surface area contributed by atoms with Crippen LogP contribution in [0, 0.1) is 12.3 Å². The lowest BCUT2D eigenvalue weighted by molar-refractivity contribution is 0.287. The Balaban J connectivity index is 0.00000196. The third-order valence-electron chi connectivity index (χ3n) is 2.47. The van der Waals surface area contributed by atoms with Crippen LogP contribution in [0.15, 0.2) is 30.3 Å². The highest BCUT2D eigenvalue weighted by Crippen LogP contribution is 2.06. The first-order chi connectivity index (χ1) is 6.74. The van der Waals surface area contributed by atoms with Crippen molar-refractivity contribution in [3.8, 4) is 12.3 Å². The Morgan fingerprint density at radius 2 is 1.93 bits per heavy atom. The lowest BCUT2D eigenvalue weighted by Gasteiger charge is -2.22. The van der Waals surface area contributed by atoms with Gasteiger partial charge in [0.1, 0.15) is 0 Å². The minimum absolute atomic E-state index is 0. The van der Waals surface area contributed by atoms with Crippen molar-refractivity contribution in [1.82, 2.24) is 4.90 Å². The Kier molecular flexibility index (Phi) is 6.86. The number of hydrogen-bond acceptors (Lipinski definition) is 1. The molecule has 0 spiro atoms. The average molecular weight is 224 g/mol. The molecule has 0 radical (unpaired) electrons. The molecule has 1 aromatic rings. The van der Waals surface area contributed by atoms with E-state index in [0.29, 0.717) is 12.6 Å². The third kappa shape index (κ3) is 4.88. The van der Waals surface area contributed by atoms with Crippen LogP contribution in [0.4, 0.5) is 0 Å². The van der Waals surface area contributed by atoms with Crippen molar-refractivity contribution in [2.75, 3.05) is 13.6 Å². The summed E-state index contributed by atoms with van der Waals surface area (Å²) >= 11 is 0. The zero-order chi connectivity index (χ0) is 10.4. The van der Waals surface area contributed by atoms with Crippen molar-refractivity contribution in [2.45, 2.75) is 19.4 Å². The van der Waals surface area contributed by atoms with Gasteiger partial charge in [-0.15, -0.1) is 18.8 Å². The molecule has 0 N–H and O–H groups in total. The maximum Gasteiger partial charge on any atom is 0.0598 e. The van der Waals surface area contributed by atoms with E-state index in [9.17, 15) is 0 Å². The van der Waals surface area contributed by atoms with Crippen molar-refractivity contribution in [3.05, 3.63) is 35.9 Å². The van der Waals surface area contributed by atoms with E-state index in [0.717, 1.165) is 6.42 Å². The number of rotatable bonds is 4. The van der Waals surface area contributed by atoms with Crippen LogP contribution in [0.2, 0.25) is 0 Å². The molecule has 0 aliphatic heterocycles. The van der Waals surface area contributed by atoms with E-state index in [1.807, 2.05) is 6.07 Å². The molecule has 1 nitrogen and oxygen atoms in total. The fourth-order valence-corrected chi connectivity index (χ4v) is 1.41. The first-order valence-corrected chi connectivity index (χ1v) is 4.91. The Labute approximate surface area is 98.9 Å². The quantitative estimate of drug-likeness (QED) is 0.710. The molecule has 0 fully saturated rings. The molecule has 15 heavy (non-hydrogen) atoms. The third-order valence-corrected chi connectivity index (χ3v) is 2.47. The highest BCUT2D eigenvalue weighted by Gasteiger charge is 2.07. The molecule has 0 unspecified atom stereocenters. The van der Waals surface area contributed by atoms with Gasteiger partial charge in [0.05, 0.1) is 6.54 Å². The summed E-state index contributed by atoms with van der Waals surface area (Å²) in [4.78, 5) is 2.19. The number of benzene rings is 1. The molecule has 0 bridgehead atoms. The topological polar surface area (TPSA) is 3.24 Å². The van der Waals surface area contributed by atoms with Gasteiger partial charge in [0, 0.05) is 6.04 Å². The number of terminal acetylenes is 1. The second-order valence-corrected chi connectivity index (χ2v) is 3.66. The van der Waals surface area contributed by atoms with E-state index < -0.39 is 0 Å². The summed E-state index contributed by atoms with van der Waals surface area (Å²) in [6.07, 6.45) is 6.32. The number of nitrogens with zero attached hydrogens (tertiary/aromatic N) is 1. The first-order valence-electron chi connectivity index (χ1n) is 4.91. The molecular weight excluding hydrogens is 206 g/mol. The lowest BCUT2D eigenvalue weighted by atomic mass is 10.1. The predicted molar refractivity (Wildman–Crippen MR) is 68.3 cm³/mol. The molecule has 2 heteroatoms. The van der Waals surface area contributed by atoms with Crippen LogP contribution >= 0.6 is 12.4 Å². The van der Waals surface area contributed by atoms with Crippen molar-refractivity contribution < 1.29 is 0 Å². The van der Waals surface area contributed by atoms with E-state index in [-0.39, 0.29) is 12.4 Å². The minimum atomic E-state index is 0. The standard InChI is InChI=1S/C13H17N.ClH/c1-4-10-14(3)12(2)11-13-8-6-5-7-9-13;/h1,5-9,12H,10-11H2,2-3H3;1H/t12-;/m0./s1. The van der Waals surface area contributed by atoms with Crippen molar-refractivity contribution in [1.29, 1.82) is 0 Å². The monoisotopic (exact) mass is 223 g/mol. The average Bonchev–Trinajstić information content (AvgIpc) is 2.19. The predicted octanol–water partition coefficient (Wildman–Crippen LogP) is 2.60. The van der Waals surface area contributed by atoms with Gasteiger partial charge in [-0.1, -0.05) is 36.3 Å². The van der Waals surface area contributed by atoms with Crippen LogP contribution < -0.4 is 0 Å². The molecule has 0 aliphatic carbocycles. The van der Waals surface area contributed by atoms with Crippen LogP contribution in [0.3, 0.4) is 0 Å². The van der Waals surface area contributed by atoms with Gasteiger partial charge in [-0.2, -0.15) is 0 Å². The van der Waals surface area contributed by atoms with Gasteiger partial charge < -0.3 is 0 Å². The normalized spacial score (nSPS) is 11.6. The van der Waals surface area contributed by atoms with Crippen molar-refractivity contribution >= 4 is 12.4 Å². The Bertz CT molecular complexity index is 302. The van der Waals surface area contributed by atoms with Crippen LogP contribution in [0.1, 0.15) is 12.5 Å². The first kappa shape index (κ1) is 14.0. The smallest absolute Gasteiger partial charge is 0.0598 e. The summed E-state index contributed by atoms with van der Waals surface area (Å²) in [7, 11) is 2.06. The maximum atomic E-state index is 5.27. The molecule has 0 aromatic heterocycles. The van der Waals surface area contributed by atoms with Gasteiger partial charge in [0.15, 0.2) is 0 Å². The fraction of sp³-hybridized carbons (Fsp3) is 0.385. The van der Waals surface area contributed by atoms with Crippen LogP contribution in [-0.2, 0) is 6.42 Å². The fourth-order valence-electron chi connectivity index (χ4n) is 1.41. The van der Waals surface area contributed by atoms with E-state index in [4.69, 9.17) is 6.42 Å². The Hall–Kier alpha value is -0.970. The van der Waals surface area contributed by atoms with Crippen molar-refractivity contribution in [2.24, 2.45) is 0 Å². The lowest BCUT2D eigenvalue weighted by Crippen LogP contribution is -2.31. The zero-order valence-corrected chi connectivity index (χ0v) is 10.1. The van der Waals surface area contributed by atoms with Gasteiger partial charge in [-0.25, -0.2) is 0 Å². The SMILES string of the molecule is C#CCN(C)[C@@H](C)Cc1ccccc1.Cl. The Morgan fingerprint density at radius 3 is 2.47 bits per heavy atom. The minimum Gasteiger partial charge on any atom is -0.292 e. The second-order valence-electron chi connectivity index (χ2n) is 3.66. The molecule has 0 amide bonds. The largest absolute Gasteiger partial charge is 0.292 e. The van der Waals surface area contributed by atoms with E-state index >= 15 is 0 Å². The second kappa shape index (κ2) is 7.34. The van der Waals surface area contributed by atoms with Crippen LogP contribution in [0.25, 0.3) is 0 Å². The summed E-state index contributed by atoms with van der Waals surface area (Å²) in [5.41, 5.74) is 1.36. The molecule has 82 valence electrons. The summed E-state index contributed by atoms with van der Waals surface area (Å²) in [5.74, 6) is 2.66. The molecule has 0 saturated carbocycles. The number of likely N-dealkylation sites (N-methyl/N-ethyl adjacent to an activating group) is 1. The van der Waals surface area contributed by atoms with E-state index in [1.54, 1.807) is 0 Å². The molecule has 1 rings (SSSR count). The molecule has 0 saturated heterocycles. The van der Waals surface area contributed by atoms with Gasteiger partial charge >= 0.3 is 0 Å². The van der Waals surface area contributed by atoms with Crippen LogP contribution in [0.5, 0.6) is 0 Å². The summed E-state index contributed by atoms with van der Waals surface area (Å²) in [6.45, 7) is 2.92. The molecule has 0 heterocycles. The maximum absolute atomic E-state index is 5.27. The highest BCUT2D eigenvalue weighted by molar-refractivity contribution is 5.85. The number of halogens is 1. The van der Waals surface area contributed by atoms with Gasteiger partial charge in [-0.3, -0.25) is 4.90 Å². The molecule has 0 aliphatic rings. The summed E-state index contributed by atoms with van der Waals surface area (Å²) < 4.78 is 0. The van der Waals surface area contributed by atoms with Crippen LogP contribution in [-0.4, -0.2) is 24.5 Å². The van der Waals surface area contributed by atoms with Gasteiger partial charge in [0.25, 0.3) is 0 Å². The molecule has 1 aromatic carbocycles. The molecule has 1 atom stereocenters. The van der Waals surface area contributed by atoms with E-state index in [2.05, 4.69) is 49.1 Å². The highest BCUT2D eigenvalue weighted by atomic mass is 35.5. The Morgan fingerprint density at radius 1 is 1.33 bits per heavy atom. The van der Waals surface area contributed by atoms with Gasteiger partial charge in [-0.05, 0) is 26.0 Å². The summed E-state index contributed by atoms with van der Waals surface area (Å²) in [6, 6.07) is 11.0.